The van der Waals surface area contributed by atoms with E-state index in [1.54, 1.807) is 18.2 Å². The van der Waals surface area contributed by atoms with E-state index in [4.69, 9.17) is 16.3 Å². The number of para-hydroxylation sites is 1. The van der Waals surface area contributed by atoms with Crippen LogP contribution in [0.2, 0.25) is 0 Å². The van der Waals surface area contributed by atoms with Gasteiger partial charge in [-0.25, -0.2) is 0 Å². The second-order valence-electron chi connectivity index (χ2n) is 7.57. The first kappa shape index (κ1) is 24.7. The third kappa shape index (κ3) is 10.3. The lowest BCUT2D eigenvalue weighted by molar-refractivity contribution is -0.115. The van der Waals surface area contributed by atoms with E-state index in [1.165, 1.54) is 71.1 Å². The predicted octanol–water partition coefficient (Wildman–Crippen LogP) is 7.15. The molecule has 0 fully saturated rings. The Balaban J connectivity index is 2.14. The first-order chi connectivity index (χ1) is 13.6. The van der Waals surface area contributed by atoms with Crippen molar-refractivity contribution in [3.63, 3.8) is 0 Å². The maximum absolute atomic E-state index is 12.3. The lowest BCUT2D eigenvalue weighted by Crippen LogP contribution is -2.23. The Labute approximate surface area is 176 Å². The van der Waals surface area contributed by atoms with Crippen LogP contribution in [-0.4, -0.2) is 23.6 Å². The highest BCUT2D eigenvalue weighted by atomic mass is 35.5. The van der Waals surface area contributed by atoms with E-state index in [0.29, 0.717) is 17.9 Å². The summed E-state index contributed by atoms with van der Waals surface area (Å²) >= 11 is 5.90. The van der Waals surface area contributed by atoms with Gasteiger partial charge in [-0.3, -0.25) is 9.59 Å². The highest BCUT2D eigenvalue weighted by Crippen LogP contribution is 2.22. The van der Waals surface area contributed by atoms with Crippen LogP contribution in [0.5, 0.6) is 5.75 Å². The molecule has 0 amide bonds. The topological polar surface area (TPSA) is 43.4 Å². The number of carbonyl (C=O) groups excluding carboxylic acids is 2. The number of halogens is 1. The number of carbonyl (C=O) groups is 2. The van der Waals surface area contributed by atoms with Crippen molar-refractivity contribution < 1.29 is 14.3 Å². The van der Waals surface area contributed by atoms with Gasteiger partial charge in [-0.15, -0.1) is 11.6 Å². The Hall–Kier alpha value is -1.35. The summed E-state index contributed by atoms with van der Waals surface area (Å²) in [5.74, 6) is -0.218. The highest BCUT2D eigenvalue weighted by molar-refractivity contribution is 6.44. The van der Waals surface area contributed by atoms with E-state index in [2.05, 4.69) is 6.92 Å². The van der Waals surface area contributed by atoms with Gasteiger partial charge in [0.2, 0.25) is 0 Å². The molecule has 0 N–H and O–H groups in total. The van der Waals surface area contributed by atoms with E-state index < -0.39 is 5.38 Å². The van der Waals surface area contributed by atoms with Crippen LogP contribution in [0.15, 0.2) is 24.3 Å². The van der Waals surface area contributed by atoms with Crippen molar-refractivity contribution in [2.45, 2.75) is 96.3 Å². The van der Waals surface area contributed by atoms with Gasteiger partial charge in [0.25, 0.3) is 0 Å². The molecule has 0 saturated heterocycles. The molecule has 3 nitrogen and oxygen atoms in total. The zero-order valence-electron chi connectivity index (χ0n) is 17.7. The molecule has 28 heavy (non-hydrogen) atoms. The summed E-state index contributed by atoms with van der Waals surface area (Å²) < 4.78 is 5.79. The van der Waals surface area contributed by atoms with Crippen molar-refractivity contribution >= 4 is 23.2 Å². The number of alkyl halides is 1. The van der Waals surface area contributed by atoms with E-state index in [-0.39, 0.29) is 11.6 Å². The van der Waals surface area contributed by atoms with Crippen molar-refractivity contribution in [3.05, 3.63) is 29.8 Å². The van der Waals surface area contributed by atoms with Gasteiger partial charge in [0.1, 0.15) is 5.75 Å². The first-order valence-electron chi connectivity index (χ1n) is 11.0. The maximum atomic E-state index is 12.3. The summed E-state index contributed by atoms with van der Waals surface area (Å²) in [7, 11) is 0. The number of ether oxygens (including phenoxy) is 1. The molecule has 0 aliphatic heterocycles. The Morgan fingerprint density at radius 1 is 0.857 bits per heavy atom. The number of ketones is 2. The number of Topliss-reactive ketones (excluding diaryl/α,β-unsaturated/α-hetero) is 2. The predicted molar refractivity (Wildman–Crippen MR) is 118 cm³/mol. The fourth-order valence-corrected chi connectivity index (χ4v) is 3.36. The van der Waals surface area contributed by atoms with Gasteiger partial charge < -0.3 is 4.74 Å². The average Bonchev–Trinajstić information content (AvgIpc) is 2.70. The molecule has 0 aliphatic rings. The summed E-state index contributed by atoms with van der Waals surface area (Å²) in [6.45, 7) is 4.16. The maximum Gasteiger partial charge on any atom is 0.191 e. The molecule has 1 rings (SSSR count). The quantitative estimate of drug-likeness (QED) is 0.119. The minimum absolute atomic E-state index is 0.345. The van der Waals surface area contributed by atoms with Gasteiger partial charge in [-0.2, -0.15) is 0 Å². The van der Waals surface area contributed by atoms with E-state index >= 15 is 0 Å². The van der Waals surface area contributed by atoms with Crippen molar-refractivity contribution in [2.24, 2.45) is 0 Å². The zero-order chi connectivity index (χ0) is 20.6. The average molecular weight is 409 g/mol. The molecule has 0 bridgehead atoms. The van der Waals surface area contributed by atoms with Gasteiger partial charge in [-0.1, -0.05) is 89.7 Å². The molecular formula is C24H37ClO3. The smallest absolute Gasteiger partial charge is 0.191 e. The Morgan fingerprint density at radius 3 is 1.89 bits per heavy atom. The molecule has 1 unspecified atom stereocenters. The summed E-state index contributed by atoms with van der Waals surface area (Å²) in [5.41, 5.74) is 0.386. The van der Waals surface area contributed by atoms with Crippen LogP contribution in [0.1, 0.15) is 101 Å². The van der Waals surface area contributed by atoms with E-state index in [1.807, 2.05) is 6.07 Å². The number of benzene rings is 1. The van der Waals surface area contributed by atoms with Gasteiger partial charge in [-0.05, 0) is 25.5 Å². The molecular weight excluding hydrogens is 372 g/mol. The molecule has 0 aromatic heterocycles. The molecule has 158 valence electrons. The fourth-order valence-electron chi connectivity index (χ4n) is 3.24. The van der Waals surface area contributed by atoms with Crippen LogP contribution in [0.3, 0.4) is 0 Å². The summed E-state index contributed by atoms with van der Waals surface area (Å²) in [6.07, 6.45) is 15.6. The molecule has 1 atom stereocenters. The van der Waals surface area contributed by atoms with Gasteiger partial charge in [0.05, 0.1) is 12.2 Å². The first-order valence-corrected chi connectivity index (χ1v) is 11.4. The Kier molecular flexibility index (Phi) is 13.7. The van der Waals surface area contributed by atoms with E-state index in [0.717, 1.165) is 12.8 Å². The highest BCUT2D eigenvalue weighted by Gasteiger charge is 2.24. The molecule has 0 heterocycles. The van der Waals surface area contributed by atoms with Gasteiger partial charge >= 0.3 is 0 Å². The SMILES string of the molecule is CCCCCCCCCCCCCCOc1ccccc1C(=O)C(Cl)C(C)=O. The fraction of sp³-hybridized carbons (Fsp3) is 0.667. The van der Waals surface area contributed by atoms with Crippen molar-refractivity contribution in [1.82, 2.24) is 0 Å². The normalized spacial score (nSPS) is 12.0. The molecule has 0 saturated carbocycles. The van der Waals surface area contributed by atoms with Crippen LogP contribution < -0.4 is 4.74 Å². The van der Waals surface area contributed by atoms with Crippen molar-refractivity contribution in [3.8, 4) is 5.75 Å². The monoisotopic (exact) mass is 408 g/mol. The summed E-state index contributed by atoms with van der Waals surface area (Å²) in [4.78, 5) is 23.7. The van der Waals surface area contributed by atoms with Crippen molar-refractivity contribution in [1.29, 1.82) is 0 Å². The second kappa shape index (κ2) is 15.6. The molecule has 0 spiro atoms. The molecule has 0 radical (unpaired) electrons. The lowest BCUT2D eigenvalue weighted by Gasteiger charge is -2.12. The number of hydrogen-bond donors (Lipinski definition) is 0. The summed E-state index contributed by atoms with van der Waals surface area (Å²) in [5, 5.41) is -1.14. The second-order valence-corrected chi connectivity index (χ2v) is 8.01. The number of unbranched alkanes of at least 4 members (excludes halogenated alkanes) is 11. The standard InChI is InChI=1S/C24H37ClO3/c1-3-4-5-6-7-8-9-10-11-12-13-16-19-28-22-18-15-14-17-21(22)24(27)23(25)20(2)26/h14-15,17-18,23H,3-13,16,19H2,1-2H3. The van der Waals surface area contributed by atoms with Crippen LogP contribution in [0.25, 0.3) is 0 Å². The molecule has 4 heteroatoms. The van der Waals surface area contributed by atoms with Crippen LogP contribution >= 0.6 is 11.6 Å². The minimum Gasteiger partial charge on any atom is -0.493 e. The molecule has 1 aromatic rings. The zero-order valence-corrected chi connectivity index (χ0v) is 18.4. The van der Waals surface area contributed by atoms with Gasteiger partial charge in [0.15, 0.2) is 16.9 Å². The van der Waals surface area contributed by atoms with E-state index in [9.17, 15) is 9.59 Å². The largest absolute Gasteiger partial charge is 0.493 e. The number of rotatable bonds is 17. The molecule has 1 aromatic carbocycles. The Morgan fingerprint density at radius 2 is 1.36 bits per heavy atom. The minimum atomic E-state index is -1.14. The van der Waals surface area contributed by atoms with Crippen LogP contribution in [0, 0.1) is 0 Å². The number of hydrogen-bond acceptors (Lipinski definition) is 3. The van der Waals surface area contributed by atoms with Crippen LogP contribution in [0.4, 0.5) is 0 Å². The molecule has 0 aliphatic carbocycles. The van der Waals surface area contributed by atoms with Gasteiger partial charge in [0, 0.05) is 0 Å². The lowest BCUT2D eigenvalue weighted by atomic mass is 10.0. The third-order valence-electron chi connectivity index (χ3n) is 5.00. The van der Waals surface area contributed by atoms with Crippen molar-refractivity contribution in [2.75, 3.05) is 6.61 Å². The van der Waals surface area contributed by atoms with Crippen LogP contribution in [-0.2, 0) is 4.79 Å². The Bertz CT molecular complexity index is 571. The third-order valence-corrected chi connectivity index (χ3v) is 5.50. The summed E-state index contributed by atoms with van der Waals surface area (Å²) in [6, 6.07) is 7.01.